The van der Waals surface area contributed by atoms with Crippen molar-refractivity contribution in [1.29, 1.82) is 0 Å². The number of likely N-dealkylation sites (tertiary alicyclic amines) is 1. The zero-order valence-corrected chi connectivity index (χ0v) is 20.3. The molecule has 34 heavy (non-hydrogen) atoms. The normalized spacial score (nSPS) is 15.6. The van der Waals surface area contributed by atoms with Gasteiger partial charge in [0.2, 0.25) is 11.8 Å². The zero-order chi connectivity index (χ0) is 23.5. The highest BCUT2D eigenvalue weighted by Crippen LogP contribution is 2.28. The average molecular weight is 493 g/mol. The second kappa shape index (κ2) is 9.86. The molecule has 5 rings (SSSR count). The molecule has 1 fully saturated rings. The summed E-state index contributed by atoms with van der Waals surface area (Å²) in [5, 5.41) is 14.2. The van der Waals surface area contributed by atoms with E-state index in [1.807, 2.05) is 82.5 Å². The van der Waals surface area contributed by atoms with E-state index < -0.39 is 6.04 Å². The van der Waals surface area contributed by atoms with Crippen LogP contribution in [-0.2, 0) is 16.6 Å². The molecule has 0 saturated carbocycles. The highest BCUT2D eigenvalue weighted by molar-refractivity contribution is 7.99. The monoisotopic (exact) mass is 492 g/mol. The average Bonchev–Trinajstić information content (AvgIpc) is 3.65. The summed E-state index contributed by atoms with van der Waals surface area (Å²) in [7, 11) is 1.90. The Labute approximate surface area is 205 Å². The molecule has 4 aromatic rings. The first-order valence-corrected chi connectivity index (χ1v) is 12.9. The van der Waals surface area contributed by atoms with Crippen LogP contribution in [0.3, 0.4) is 0 Å². The van der Waals surface area contributed by atoms with E-state index in [0.717, 1.165) is 28.5 Å². The van der Waals surface area contributed by atoms with Crippen molar-refractivity contribution < 1.29 is 9.59 Å². The number of thiophene rings is 1. The van der Waals surface area contributed by atoms with Crippen LogP contribution in [0.5, 0.6) is 0 Å². The Kier molecular flexibility index (Phi) is 6.50. The number of thioether (sulfide) groups is 1. The fourth-order valence-corrected chi connectivity index (χ4v) is 5.66. The number of para-hydroxylation sites is 2. The second-order valence-corrected chi connectivity index (χ2v) is 9.86. The predicted octanol–water partition coefficient (Wildman–Crippen LogP) is 4.06. The van der Waals surface area contributed by atoms with Gasteiger partial charge in [-0.25, -0.2) is 0 Å². The lowest BCUT2D eigenvalue weighted by molar-refractivity contribution is -0.134. The van der Waals surface area contributed by atoms with Gasteiger partial charge in [0.1, 0.15) is 6.04 Å². The molecule has 1 aliphatic rings. The van der Waals surface area contributed by atoms with Crippen molar-refractivity contribution in [3.05, 3.63) is 66.3 Å². The van der Waals surface area contributed by atoms with Crippen LogP contribution in [0.15, 0.2) is 71.5 Å². The molecule has 8 nitrogen and oxygen atoms in total. The Morgan fingerprint density at radius 1 is 1.12 bits per heavy atom. The van der Waals surface area contributed by atoms with Crippen molar-refractivity contribution in [3.8, 4) is 16.4 Å². The fraction of sp³-hybridized carbons (Fsp3) is 0.250. The van der Waals surface area contributed by atoms with E-state index in [4.69, 9.17) is 0 Å². The molecule has 10 heteroatoms. The van der Waals surface area contributed by atoms with Crippen LogP contribution in [0, 0.1) is 0 Å². The van der Waals surface area contributed by atoms with Gasteiger partial charge in [-0.05, 0) is 48.6 Å². The minimum Gasteiger partial charge on any atom is -0.330 e. The van der Waals surface area contributed by atoms with Crippen molar-refractivity contribution in [1.82, 2.24) is 24.2 Å². The summed E-state index contributed by atoms with van der Waals surface area (Å²) >= 11 is 2.95. The number of anilines is 1. The lowest BCUT2D eigenvalue weighted by Gasteiger charge is -2.24. The highest BCUT2D eigenvalue weighted by Gasteiger charge is 2.34. The summed E-state index contributed by atoms with van der Waals surface area (Å²) in [6, 6.07) is 15.0. The van der Waals surface area contributed by atoms with Crippen LogP contribution in [0.2, 0.25) is 0 Å². The topological polar surface area (TPSA) is 85.0 Å². The molecule has 1 atom stereocenters. The summed E-state index contributed by atoms with van der Waals surface area (Å²) < 4.78 is 3.85. The van der Waals surface area contributed by atoms with Crippen molar-refractivity contribution in [3.63, 3.8) is 0 Å². The zero-order valence-electron chi connectivity index (χ0n) is 18.6. The first kappa shape index (κ1) is 22.4. The van der Waals surface area contributed by atoms with Gasteiger partial charge in [0, 0.05) is 26.0 Å². The minimum absolute atomic E-state index is 0.0676. The number of amides is 2. The van der Waals surface area contributed by atoms with Gasteiger partial charge in [0.05, 0.1) is 22.0 Å². The lowest BCUT2D eigenvalue weighted by Crippen LogP contribution is -2.44. The van der Waals surface area contributed by atoms with Crippen LogP contribution >= 0.6 is 23.1 Å². The molecule has 1 saturated heterocycles. The lowest BCUT2D eigenvalue weighted by atomic mass is 10.2. The van der Waals surface area contributed by atoms with E-state index in [2.05, 4.69) is 15.5 Å². The fourth-order valence-electron chi connectivity index (χ4n) is 4.12. The number of rotatable bonds is 7. The number of nitrogens with one attached hydrogen (secondary N) is 1. The second-order valence-electron chi connectivity index (χ2n) is 7.97. The number of aromatic nitrogens is 4. The van der Waals surface area contributed by atoms with Crippen LogP contribution in [0.1, 0.15) is 12.8 Å². The molecular formula is C24H24N6O2S2. The Morgan fingerprint density at radius 2 is 1.94 bits per heavy atom. The molecule has 0 spiro atoms. The summed E-state index contributed by atoms with van der Waals surface area (Å²) in [4.78, 5) is 28.9. The van der Waals surface area contributed by atoms with Gasteiger partial charge >= 0.3 is 0 Å². The Hall–Kier alpha value is -3.37. The van der Waals surface area contributed by atoms with Crippen molar-refractivity contribution in [2.45, 2.75) is 24.0 Å². The van der Waals surface area contributed by atoms with Gasteiger partial charge in [0.25, 0.3) is 0 Å². The third kappa shape index (κ3) is 4.51. The number of benzene rings is 1. The van der Waals surface area contributed by atoms with Crippen LogP contribution in [0.25, 0.3) is 16.4 Å². The first-order valence-electron chi connectivity index (χ1n) is 11.0. The molecule has 0 radical (unpaired) electrons. The van der Waals surface area contributed by atoms with E-state index >= 15 is 0 Å². The summed E-state index contributed by atoms with van der Waals surface area (Å²) in [6.07, 6.45) is 5.33. The van der Waals surface area contributed by atoms with Crippen molar-refractivity contribution in [2.24, 2.45) is 7.05 Å². The maximum absolute atomic E-state index is 13.2. The molecule has 0 bridgehead atoms. The Bertz CT molecular complexity index is 1280. The van der Waals surface area contributed by atoms with Gasteiger partial charge in [0.15, 0.2) is 11.0 Å². The number of nitrogens with zero attached hydrogens (tertiary/aromatic N) is 5. The Balaban J connectivity index is 1.24. The maximum Gasteiger partial charge on any atom is 0.247 e. The molecule has 174 valence electrons. The molecule has 0 aliphatic carbocycles. The largest absolute Gasteiger partial charge is 0.330 e. The van der Waals surface area contributed by atoms with Gasteiger partial charge in [-0.3, -0.25) is 9.59 Å². The van der Waals surface area contributed by atoms with Crippen molar-refractivity contribution >= 4 is 40.6 Å². The SMILES string of the molecule is Cn1c(SCC(=O)N2CCC[C@H]2C(=O)Nc2ccccc2-n2cccc2)nnc1-c1cccs1. The summed E-state index contributed by atoms with van der Waals surface area (Å²) in [6.45, 7) is 0.579. The Morgan fingerprint density at radius 3 is 2.74 bits per heavy atom. The number of carbonyl (C=O) groups excluding carboxylic acids is 2. The smallest absolute Gasteiger partial charge is 0.247 e. The quantitative estimate of drug-likeness (QED) is 0.394. The predicted molar refractivity (Wildman–Crippen MR) is 134 cm³/mol. The van der Waals surface area contributed by atoms with Crippen LogP contribution in [-0.4, -0.2) is 54.4 Å². The summed E-state index contributed by atoms with van der Waals surface area (Å²) in [5.74, 6) is 0.765. The molecule has 3 aromatic heterocycles. The van der Waals surface area contributed by atoms with E-state index in [1.54, 1.807) is 16.2 Å². The van der Waals surface area contributed by atoms with Crippen molar-refractivity contribution in [2.75, 3.05) is 17.6 Å². The third-order valence-electron chi connectivity index (χ3n) is 5.82. The van der Waals surface area contributed by atoms with E-state index in [-0.39, 0.29) is 17.6 Å². The van der Waals surface area contributed by atoms with Gasteiger partial charge in [-0.15, -0.1) is 21.5 Å². The van der Waals surface area contributed by atoms with E-state index in [1.165, 1.54) is 11.8 Å². The molecule has 1 aromatic carbocycles. The van der Waals surface area contributed by atoms with Gasteiger partial charge in [-0.1, -0.05) is 30.0 Å². The van der Waals surface area contributed by atoms with Gasteiger partial charge in [-0.2, -0.15) is 0 Å². The number of hydrogen-bond donors (Lipinski definition) is 1. The third-order valence-corrected chi connectivity index (χ3v) is 7.69. The minimum atomic E-state index is -0.480. The molecule has 2 amide bonds. The molecule has 1 N–H and O–H groups in total. The molecular weight excluding hydrogens is 468 g/mol. The summed E-state index contributed by atoms with van der Waals surface area (Å²) in [5.41, 5.74) is 1.61. The van der Waals surface area contributed by atoms with E-state index in [9.17, 15) is 9.59 Å². The molecule has 0 unspecified atom stereocenters. The standard InChI is InChI=1S/C24H24N6O2S2/c1-28-22(20-11-7-15-33-20)26-27-24(28)34-16-21(31)30-14-6-10-19(30)23(32)25-17-8-2-3-9-18(17)29-12-4-5-13-29/h2-5,7-9,11-13,15,19H,6,10,14,16H2,1H3,(H,25,32)/t19-/m0/s1. The van der Waals surface area contributed by atoms with Gasteiger partial charge < -0.3 is 19.4 Å². The van der Waals surface area contributed by atoms with Crippen LogP contribution < -0.4 is 5.32 Å². The molecule has 1 aliphatic heterocycles. The molecule has 4 heterocycles. The highest BCUT2D eigenvalue weighted by atomic mass is 32.2. The number of hydrogen-bond acceptors (Lipinski definition) is 6. The van der Waals surface area contributed by atoms with E-state index in [0.29, 0.717) is 18.1 Å². The first-order chi connectivity index (χ1) is 16.6. The van der Waals surface area contributed by atoms with Crippen LogP contribution in [0.4, 0.5) is 5.69 Å². The maximum atomic E-state index is 13.2. The number of carbonyl (C=O) groups is 2.